The fourth-order valence-corrected chi connectivity index (χ4v) is 7.09. The van der Waals surface area contributed by atoms with Crippen molar-refractivity contribution in [3.63, 3.8) is 0 Å². The number of ether oxygens (including phenoxy) is 8. The van der Waals surface area contributed by atoms with Crippen molar-refractivity contribution >= 4 is 47.0 Å². The minimum Gasteiger partial charge on any atom is -0.460 e. The van der Waals surface area contributed by atoms with Crippen molar-refractivity contribution in [3.05, 3.63) is 0 Å². The number of rotatable bonds is 13. The van der Waals surface area contributed by atoms with Crippen molar-refractivity contribution in [2.24, 2.45) is 54.8 Å². The van der Waals surface area contributed by atoms with Gasteiger partial charge in [0.2, 0.25) is 0 Å². The Hall–Kier alpha value is -3.52. The number of nitrogens with two attached hydrogens (primary N) is 2. The van der Waals surface area contributed by atoms with Crippen LogP contribution < -0.4 is 11.5 Å². The molecular weight excluding hydrogens is 1270 g/mol. The summed E-state index contributed by atoms with van der Waals surface area (Å²) in [6, 6.07) is -1.32. The molecule has 0 aromatic heterocycles. The van der Waals surface area contributed by atoms with Crippen LogP contribution in [0.1, 0.15) is 371 Å². The lowest BCUT2D eigenvalue weighted by Gasteiger charge is -2.30. The predicted molar refractivity (Wildman–Crippen MR) is 416 cm³/mol. The van der Waals surface area contributed by atoms with Crippen LogP contribution in [0.25, 0.3) is 0 Å². The summed E-state index contributed by atoms with van der Waals surface area (Å²) in [5.74, 6) is -0.962. The quantitative estimate of drug-likeness (QED) is 0.0751. The monoisotopic (exact) mass is 1440 g/mol. The lowest BCUT2D eigenvalue weighted by molar-refractivity contribution is -0.224. The third-order valence-corrected chi connectivity index (χ3v) is 11.3. The Labute approximate surface area is 616 Å². The minimum absolute atomic E-state index is 0.0156. The van der Waals surface area contributed by atoms with Gasteiger partial charge >= 0.3 is 23.9 Å². The molecule has 0 heterocycles. The number of esters is 4. The van der Waals surface area contributed by atoms with E-state index in [0.29, 0.717) is 37.6 Å². The van der Waals surface area contributed by atoms with Crippen LogP contribution in [0.15, 0.2) is 0 Å². The highest BCUT2D eigenvalue weighted by Gasteiger charge is 2.34. The molecule has 18 heteroatoms. The maximum atomic E-state index is 11.8. The van der Waals surface area contributed by atoms with Gasteiger partial charge in [0.1, 0.15) is 41.4 Å². The van der Waals surface area contributed by atoms with Crippen molar-refractivity contribution in [2.75, 3.05) is 6.79 Å². The molecule has 0 bridgehead atoms. The summed E-state index contributed by atoms with van der Waals surface area (Å²) < 4.78 is 42.5. The van der Waals surface area contributed by atoms with E-state index in [0.717, 1.165) is 0 Å². The van der Waals surface area contributed by atoms with Crippen LogP contribution in [0.4, 0.5) is 0 Å². The molecule has 2 unspecified atom stereocenters. The van der Waals surface area contributed by atoms with E-state index in [4.69, 9.17) is 49.4 Å². The van der Waals surface area contributed by atoms with Crippen molar-refractivity contribution in [3.8, 4) is 0 Å². The number of ketones is 4. The molecule has 0 aromatic carbocycles. The van der Waals surface area contributed by atoms with E-state index in [1.54, 1.807) is 83.1 Å². The molecule has 100 heavy (non-hydrogen) atoms. The minimum atomic E-state index is -0.795. The molecular formula is C82H166N2O16. The van der Waals surface area contributed by atoms with E-state index in [1.165, 1.54) is 0 Å². The Morgan fingerprint density at radius 1 is 0.320 bits per heavy atom. The van der Waals surface area contributed by atoms with Gasteiger partial charge in [0.05, 0.1) is 50.5 Å². The predicted octanol–water partition coefficient (Wildman–Crippen LogP) is 20.1. The van der Waals surface area contributed by atoms with Gasteiger partial charge in [-0.05, 0) is 233 Å². The van der Waals surface area contributed by atoms with E-state index in [9.17, 15) is 38.4 Å². The average Bonchev–Trinajstić information content (AvgIpc) is 0.873. The van der Waals surface area contributed by atoms with E-state index in [-0.39, 0.29) is 97.3 Å². The van der Waals surface area contributed by atoms with Crippen LogP contribution in [-0.2, 0) is 76.3 Å². The normalized spacial score (nSPS) is 13.7. The standard InChI is InChI=1S/C13H25NO4.C13H25NO2.C10H18O3.C10H22O2.C10H20O.C9H20O2.C9H18O.C8H18O/c1-12(2,3)17-10(15)8-7-9(14)11(16)18-13(4,5)6;1-12(2,3)10(15)8-7-9(14)11(16)13(4,5)6;1-9(2,3)7(11)13-8(12)10(4,5)6;1-8(11-9(2,3)4)12-10(5,6)7;1-9(2,3)7-8(11)10(4,5)6;1-8(2,3)10-7-11-9(4,5)6;1-8(2,3)7(10)9(4,5)6;1-7(2,3)9-8(4,5)6/h9H,7-8,14H2,1-6H3;9H,7-8,14H2,1-6H3;1-6H3;8H,1-7H3;2*7H2,1-6H3;1-6H3;1-6H3. The summed E-state index contributed by atoms with van der Waals surface area (Å²) in [7, 11) is 0. The number of carbonyl (C=O) groups is 8. The van der Waals surface area contributed by atoms with Crippen molar-refractivity contribution < 1.29 is 76.3 Å². The van der Waals surface area contributed by atoms with Crippen LogP contribution >= 0.6 is 0 Å². The molecule has 0 aliphatic carbocycles. The van der Waals surface area contributed by atoms with Gasteiger partial charge < -0.3 is 49.4 Å². The number of carbonyl (C=O) groups excluding carboxylic acids is 8. The van der Waals surface area contributed by atoms with Gasteiger partial charge in [-0.25, -0.2) is 0 Å². The SMILES string of the molecule is CC(C)(C)C(=O)C(C)(C)C.CC(C)(C)C(=O)CCC(N)C(=O)C(C)(C)C.CC(C)(C)C(=O)OC(=O)C(C)(C)C.CC(C)(C)CC(=O)C(C)(C)C.CC(C)(C)OC(=O)CCC(N)C(=O)OC(C)(C)C.CC(C)(C)OC(C)(C)C.CC(C)(C)OCOC(C)(C)C.CC(OC(C)(C)C)OC(C)(C)C. The highest BCUT2D eigenvalue weighted by atomic mass is 16.7. The molecule has 0 aliphatic rings. The zero-order chi connectivity index (χ0) is 83.3. The van der Waals surface area contributed by atoms with Crippen molar-refractivity contribution in [2.45, 2.75) is 435 Å². The third-order valence-electron chi connectivity index (χ3n) is 11.3. The third kappa shape index (κ3) is 83.4. The Bertz CT molecular complexity index is 2280. The largest absolute Gasteiger partial charge is 0.460 e. The number of Topliss-reactive ketones (excluding diaryl/α,β-unsaturated/α-hetero) is 4. The van der Waals surface area contributed by atoms with E-state index >= 15 is 0 Å². The second-order valence-corrected chi connectivity index (χ2v) is 42.1. The van der Waals surface area contributed by atoms with E-state index in [1.807, 2.05) is 194 Å². The molecule has 0 aromatic rings. The highest BCUT2D eigenvalue weighted by Crippen LogP contribution is 2.29. The Kier molecular flexibility index (Phi) is 49.2. The number of hydrogen-bond donors (Lipinski definition) is 2. The summed E-state index contributed by atoms with van der Waals surface area (Å²) in [6.07, 6.45) is 1.70. The van der Waals surface area contributed by atoms with Gasteiger partial charge in [0, 0.05) is 46.3 Å². The van der Waals surface area contributed by atoms with Crippen LogP contribution in [-0.4, -0.2) is 117 Å². The first kappa shape index (κ1) is 112. The van der Waals surface area contributed by atoms with Crippen LogP contribution in [0.2, 0.25) is 0 Å². The van der Waals surface area contributed by atoms with E-state index < -0.39 is 57.4 Å². The van der Waals surface area contributed by atoms with Gasteiger partial charge in [-0.3, -0.25) is 38.4 Å². The summed E-state index contributed by atoms with van der Waals surface area (Å²) in [6.45, 7) is 95.0. The smallest absolute Gasteiger partial charge is 0.323 e. The average molecular weight is 1440 g/mol. The first-order valence-corrected chi connectivity index (χ1v) is 35.9. The summed E-state index contributed by atoms with van der Waals surface area (Å²) in [5, 5.41) is 0. The molecule has 0 radical (unpaired) electrons. The molecule has 18 nitrogen and oxygen atoms in total. The van der Waals surface area contributed by atoms with Crippen molar-refractivity contribution in [1.29, 1.82) is 0 Å². The summed E-state index contributed by atoms with van der Waals surface area (Å²) in [5.41, 5.74) is 7.39. The maximum Gasteiger partial charge on any atom is 0.323 e. The van der Waals surface area contributed by atoms with E-state index in [2.05, 4.69) is 62.3 Å². The van der Waals surface area contributed by atoms with Crippen LogP contribution in [0, 0.1) is 43.3 Å². The summed E-state index contributed by atoms with van der Waals surface area (Å²) >= 11 is 0. The lowest BCUT2D eigenvalue weighted by Crippen LogP contribution is -2.39. The molecule has 0 fully saturated rings. The molecule has 0 amide bonds. The van der Waals surface area contributed by atoms with Crippen LogP contribution in [0.3, 0.4) is 0 Å². The molecule has 0 saturated carbocycles. The zero-order valence-corrected chi connectivity index (χ0v) is 74.7. The van der Waals surface area contributed by atoms with Gasteiger partial charge in [-0.2, -0.15) is 0 Å². The Morgan fingerprint density at radius 2 is 0.620 bits per heavy atom. The molecule has 0 rings (SSSR count). The van der Waals surface area contributed by atoms with Crippen LogP contribution in [0.5, 0.6) is 0 Å². The summed E-state index contributed by atoms with van der Waals surface area (Å²) in [4.78, 5) is 92.0. The Morgan fingerprint density at radius 3 is 0.810 bits per heavy atom. The highest BCUT2D eigenvalue weighted by molar-refractivity contribution is 5.91. The topological polar surface area (TPSA) is 262 Å². The molecule has 2 atom stereocenters. The lowest BCUT2D eigenvalue weighted by atomic mass is 9.76. The van der Waals surface area contributed by atoms with Crippen molar-refractivity contribution in [1.82, 2.24) is 0 Å². The molecule has 4 N–H and O–H groups in total. The van der Waals surface area contributed by atoms with Gasteiger partial charge in [0.15, 0.2) is 12.1 Å². The molecule has 0 saturated heterocycles. The second-order valence-electron chi connectivity index (χ2n) is 42.1. The maximum absolute atomic E-state index is 11.8. The number of hydrogen-bond acceptors (Lipinski definition) is 18. The molecule has 0 spiro atoms. The fraction of sp³-hybridized carbons (Fsp3) is 0.902. The molecule has 600 valence electrons. The van der Waals surface area contributed by atoms with Gasteiger partial charge in [-0.1, -0.05) is 125 Å². The second kappa shape index (κ2) is 43.8. The zero-order valence-electron chi connectivity index (χ0n) is 74.7. The van der Waals surface area contributed by atoms with Gasteiger partial charge in [0.25, 0.3) is 0 Å². The van der Waals surface area contributed by atoms with Gasteiger partial charge in [-0.15, -0.1) is 0 Å². The Balaban J connectivity index is -0.000000163. The fourth-order valence-electron chi connectivity index (χ4n) is 7.09. The molecule has 0 aliphatic heterocycles. The first-order chi connectivity index (χ1) is 42.7. The first-order valence-electron chi connectivity index (χ1n) is 35.9.